The van der Waals surface area contributed by atoms with Gasteiger partial charge in [0.1, 0.15) is 12.4 Å². The lowest BCUT2D eigenvalue weighted by molar-refractivity contribution is -0.275. The molecule has 0 aliphatic heterocycles. The zero-order valence-electron chi connectivity index (χ0n) is 16.2. The van der Waals surface area contributed by atoms with Crippen LogP contribution in [0, 0.1) is 11.8 Å². The molecule has 0 bridgehead atoms. The first-order valence-corrected chi connectivity index (χ1v) is 8.79. The fourth-order valence-electron chi connectivity index (χ4n) is 2.33. The lowest BCUT2D eigenvalue weighted by Crippen LogP contribution is -2.18. The topological polar surface area (TPSA) is 61.8 Å². The molecule has 0 radical (unpaired) electrons. The summed E-state index contributed by atoms with van der Waals surface area (Å²) in [4.78, 5) is 22.6. The lowest BCUT2D eigenvalue weighted by Gasteiger charge is -2.13. The van der Waals surface area contributed by atoms with E-state index in [1.165, 1.54) is 12.1 Å². The van der Waals surface area contributed by atoms with Gasteiger partial charge in [-0.25, -0.2) is 4.79 Å². The molecule has 0 saturated heterocycles. The summed E-state index contributed by atoms with van der Waals surface area (Å²) in [6, 6.07) is 10.6. The highest BCUT2D eigenvalue weighted by molar-refractivity contribution is 5.81. The Morgan fingerprint density at radius 1 is 1.00 bits per heavy atom. The quantitative estimate of drug-likeness (QED) is 0.281. The number of benzene rings is 2. The molecule has 0 aliphatic carbocycles. The molecule has 160 valence electrons. The first-order chi connectivity index (χ1) is 14.7. The van der Waals surface area contributed by atoms with Crippen molar-refractivity contribution in [3.05, 3.63) is 90.2 Å². The van der Waals surface area contributed by atoms with Gasteiger partial charge in [0, 0.05) is 22.8 Å². The second-order valence-corrected chi connectivity index (χ2v) is 5.96. The first kappa shape index (κ1) is 23.3. The predicted octanol–water partition coefficient (Wildman–Crippen LogP) is 4.44. The SMILES string of the molecule is C=COC(=O)Cc1ccc(C#Cc2ccc(COC(=O)C=C)c(OC(F)(F)F)c2)cc1. The van der Waals surface area contributed by atoms with Crippen LogP contribution in [0.1, 0.15) is 22.3 Å². The number of ether oxygens (including phenoxy) is 3. The van der Waals surface area contributed by atoms with Gasteiger partial charge in [-0.1, -0.05) is 43.2 Å². The third-order valence-electron chi connectivity index (χ3n) is 3.70. The van der Waals surface area contributed by atoms with Gasteiger partial charge in [-0.2, -0.15) is 0 Å². The Kier molecular flexibility index (Phi) is 8.03. The fourth-order valence-corrected chi connectivity index (χ4v) is 2.33. The van der Waals surface area contributed by atoms with E-state index in [0.29, 0.717) is 11.1 Å². The van der Waals surface area contributed by atoms with E-state index in [9.17, 15) is 22.8 Å². The van der Waals surface area contributed by atoms with Crippen molar-refractivity contribution in [1.82, 2.24) is 0 Å². The van der Waals surface area contributed by atoms with Crippen molar-refractivity contribution in [2.75, 3.05) is 0 Å². The smallest absolute Gasteiger partial charge is 0.458 e. The number of alkyl halides is 3. The number of rotatable bonds is 7. The molecule has 0 unspecified atom stereocenters. The van der Waals surface area contributed by atoms with E-state index in [2.05, 4.69) is 34.5 Å². The van der Waals surface area contributed by atoms with E-state index in [4.69, 9.17) is 4.74 Å². The average molecular weight is 430 g/mol. The standard InChI is InChI=1S/C23H17F3O5/c1-3-21(27)30-15-19-12-11-17(13-20(19)31-23(24,25)26)8-5-16-6-9-18(10-7-16)14-22(28)29-4-2/h3-4,6-7,9-13H,1-2,14-15H2. The predicted molar refractivity (Wildman–Crippen MR) is 106 cm³/mol. The maximum atomic E-state index is 12.7. The number of halogens is 3. The zero-order chi connectivity index (χ0) is 22.9. The lowest BCUT2D eigenvalue weighted by atomic mass is 10.1. The third kappa shape index (κ3) is 8.11. The molecule has 5 nitrogen and oxygen atoms in total. The van der Waals surface area contributed by atoms with Gasteiger partial charge in [0.25, 0.3) is 0 Å². The van der Waals surface area contributed by atoms with Gasteiger partial charge in [0.15, 0.2) is 0 Å². The Bertz CT molecular complexity index is 1030. The second kappa shape index (κ2) is 10.7. The molecule has 0 atom stereocenters. The molecule has 0 spiro atoms. The van der Waals surface area contributed by atoms with Crippen LogP contribution in [0.2, 0.25) is 0 Å². The van der Waals surface area contributed by atoms with Crippen LogP contribution in [0.25, 0.3) is 0 Å². The summed E-state index contributed by atoms with van der Waals surface area (Å²) in [5, 5.41) is 0. The van der Waals surface area contributed by atoms with Crippen LogP contribution in [0.15, 0.2) is 68.0 Å². The van der Waals surface area contributed by atoms with Crippen LogP contribution in [0.4, 0.5) is 13.2 Å². The number of hydrogen-bond donors (Lipinski definition) is 0. The van der Waals surface area contributed by atoms with Crippen molar-refractivity contribution < 1.29 is 37.0 Å². The van der Waals surface area contributed by atoms with Gasteiger partial charge < -0.3 is 14.2 Å². The van der Waals surface area contributed by atoms with Gasteiger partial charge in [-0.3, -0.25) is 4.79 Å². The minimum Gasteiger partial charge on any atom is -0.458 e. The normalized spacial score (nSPS) is 10.3. The summed E-state index contributed by atoms with van der Waals surface area (Å²) in [5.74, 6) is 3.81. The average Bonchev–Trinajstić information content (AvgIpc) is 2.71. The van der Waals surface area contributed by atoms with E-state index in [1.54, 1.807) is 24.3 Å². The van der Waals surface area contributed by atoms with E-state index >= 15 is 0 Å². The minimum absolute atomic E-state index is 0.0221. The van der Waals surface area contributed by atoms with Crippen molar-refractivity contribution in [1.29, 1.82) is 0 Å². The van der Waals surface area contributed by atoms with Crippen LogP contribution in [0.5, 0.6) is 5.75 Å². The summed E-state index contributed by atoms with van der Waals surface area (Å²) in [7, 11) is 0. The highest BCUT2D eigenvalue weighted by Gasteiger charge is 2.32. The van der Waals surface area contributed by atoms with Crippen molar-refractivity contribution in [3.8, 4) is 17.6 Å². The van der Waals surface area contributed by atoms with Gasteiger partial charge >= 0.3 is 18.3 Å². The molecule has 0 saturated carbocycles. The second-order valence-electron chi connectivity index (χ2n) is 5.96. The Hall–Kier alpha value is -3.99. The summed E-state index contributed by atoms with van der Waals surface area (Å²) in [5.41, 5.74) is 1.57. The molecule has 0 N–H and O–H groups in total. The maximum Gasteiger partial charge on any atom is 0.573 e. The molecule has 0 amide bonds. The molecular weight excluding hydrogens is 413 g/mol. The monoisotopic (exact) mass is 430 g/mol. The van der Waals surface area contributed by atoms with Crippen molar-refractivity contribution in [2.45, 2.75) is 19.4 Å². The van der Waals surface area contributed by atoms with Gasteiger partial charge in [0.05, 0.1) is 12.7 Å². The summed E-state index contributed by atoms with van der Waals surface area (Å²) >= 11 is 0. The van der Waals surface area contributed by atoms with E-state index < -0.39 is 30.7 Å². The van der Waals surface area contributed by atoms with Gasteiger partial charge in [-0.05, 0) is 29.8 Å². The Morgan fingerprint density at radius 2 is 1.65 bits per heavy atom. The summed E-state index contributed by atoms with van der Waals surface area (Å²) in [6.45, 7) is 6.11. The van der Waals surface area contributed by atoms with E-state index in [1.807, 2.05) is 0 Å². The van der Waals surface area contributed by atoms with Crippen LogP contribution in [0.3, 0.4) is 0 Å². The van der Waals surface area contributed by atoms with Crippen LogP contribution < -0.4 is 4.74 Å². The molecule has 2 aromatic rings. The molecule has 0 aliphatic rings. The largest absolute Gasteiger partial charge is 0.573 e. The zero-order valence-corrected chi connectivity index (χ0v) is 16.2. The summed E-state index contributed by atoms with van der Waals surface area (Å²) < 4.78 is 51.6. The molecule has 0 heterocycles. The molecule has 2 aromatic carbocycles. The Balaban J connectivity index is 2.19. The summed E-state index contributed by atoms with van der Waals surface area (Å²) in [6.07, 6.45) is -2.91. The van der Waals surface area contributed by atoms with Gasteiger partial charge in [-0.15, -0.1) is 13.2 Å². The molecule has 0 fully saturated rings. The highest BCUT2D eigenvalue weighted by atomic mass is 19.4. The molecule has 2 rings (SSSR count). The van der Waals surface area contributed by atoms with Crippen LogP contribution in [-0.2, 0) is 32.1 Å². The van der Waals surface area contributed by atoms with E-state index in [-0.39, 0.29) is 17.5 Å². The Labute approximate surface area is 176 Å². The highest BCUT2D eigenvalue weighted by Crippen LogP contribution is 2.28. The van der Waals surface area contributed by atoms with Crippen LogP contribution >= 0.6 is 0 Å². The number of carbonyl (C=O) groups is 2. The fraction of sp³-hybridized carbons (Fsp3) is 0.130. The van der Waals surface area contributed by atoms with E-state index in [0.717, 1.165) is 18.4 Å². The molecule has 31 heavy (non-hydrogen) atoms. The third-order valence-corrected chi connectivity index (χ3v) is 3.70. The van der Waals surface area contributed by atoms with Crippen molar-refractivity contribution >= 4 is 11.9 Å². The first-order valence-electron chi connectivity index (χ1n) is 8.79. The molecule has 0 aromatic heterocycles. The number of esters is 2. The molecule has 8 heteroatoms. The number of hydrogen-bond acceptors (Lipinski definition) is 5. The van der Waals surface area contributed by atoms with Crippen molar-refractivity contribution in [3.63, 3.8) is 0 Å². The van der Waals surface area contributed by atoms with Gasteiger partial charge in [0.2, 0.25) is 0 Å². The number of carbonyl (C=O) groups excluding carboxylic acids is 2. The minimum atomic E-state index is -4.92. The molecular formula is C23H17F3O5. The van der Waals surface area contributed by atoms with Crippen molar-refractivity contribution in [2.24, 2.45) is 0 Å². The Morgan fingerprint density at radius 3 is 2.26 bits per heavy atom. The van der Waals surface area contributed by atoms with Crippen LogP contribution in [-0.4, -0.2) is 18.3 Å². The maximum absolute atomic E-state index is 12.7.